The first kappa shape index (κ1) is 7.78. The molecule has 1 rings (SSSR count). The lowest BCUT2D eigenvalue weighted by atomic mass is 10.6. The van der Waals surface area contributed by atoms with Crippen molar-refractivity contribution >= 4 is 5.82 Å². The van der Waals surface area contributed by atoms with E-state index in [4.69, 9.17) is 0 Å². The predicted molar refractivity (Wildman–Crippen MR) is 43.7 cm³/mol. The van der Waals surface area contributed by atoms with Crippen molar-refractivity contribution in [3.05, 3.63) is 22.7 Å². The monoisotopic (exact) mass is 153 g/mol. The number of aryl methyl sites for hydroxylation is 1. The number of hydrogen-bond donors (Lipinski definition) is 1. The molecule has 0 aliphatic rings. The summed E-state index contributed by atoms with van der Waals surface area (Å²) in [6.07, 6.45) is 3.28. The summed E-state index contributed by atoms with van der Waals surface area (Å²) in [5.41, 5.74) is -0.0718. The van der Waals surface area contributed by atoms with Crippen molar-refractivity contribution in [3.8, 4) is 0 Å². The van der Waals surface area contributed by atoms with E-state index < -0.39 is 0 Å². The molecular weight excluding hydrogens is 142 g/mol. The van der Waals surface area contributed by atoms with Gasteiger partial charge in [0.15, 0.2) is 5.82 Å². The van der Waals surface area contributed by atoms with Gasteiger partial charge in [0, 0.05) is 26.0 Å². The van der Waals surface area contributed by atoms with Crippen LogP contribution in [0.15, 0.2) is 17.2 Å². The zero-order valence-electron chi connectivity index (χ0n) is 6.66. The van der Waals surface area contributed by atoms with Crippen LogP contribution in [0.4, 0.5) is 5.82 Å². The van der Waals surface area contributed by atoms with Crippen molar-refractivity contribution in [2.75, 3.05) is 12.4 Å². The van der Waals surface area contributed by atoms with Gasteiger partial charge in [0.25, 0.3) is 5.56 Å². The lowest BCUT2D eigenvalue weighted by molar-refractivity contribution is 0.720. The molecule has 1 N–H and O–H groups in total. The topological polar surface area (TPSA) is 46.9 Å². The standard InChI is InChI=1S/C7H11N3O/c1-3-10-5-4-9-6(8-2)7(10)11/h4-5H,3H2,1-2H3,(H,8,9). The number of nitrogens with zero attached hydrogens (tertiary/aromatic N) is 2. The molecule has 0 saturated heterocycles. The van der Waals surface area contributed by atoms with Gasteiger partial charge in [-0.2, -0.15) is 0 Å². The second-order valence-corrected chi connectivity index (χ2v) is 2.12. The largest absolute Gasteiger partial charge is 0.369 e. The van der Waals surface area contributed by atoms with Gasteiger partial charge in [-0.15, -0.1) is 0 Å². The molecule has 0 aliphatic carbocycles. The zero-order chi connectivity index (χ0) is 8.27. The lowest BCUT2D eigenvalue weighted by Crippen LogP contribution is -2.22. The number of nitrogens with one attached hydrogen (secondary N) is 1. The van der Waals surface area contributed by atoms with Crippen LogP contribution in [0.25, 0.3) is 0 Å². The molecule has 0 amide bonds. The van der Waals surface area contributed by atoms with Crippen LogP contribution in [0, 0.1) is 0 Å². The van der Waals surface area contributed by atoms with Crippen LogP contribution in [-0.4, -0.2) is 16.6 Å². The van der Waals surface area contributed by atoms with Crippen molar-refractivity contribution in [1.29, 1.82) is 0 Å². The third-order valence-corrected chi connectivity index (χ3v) is 1.49. The summed E-state index contributed by atoms with van der Waals surface area (Å²) in [7, 11) is 1.68. The summed E-state index contributed by atoms with van der Waals surface area (Å²) in [6, 6.07) is 0. The molecule has 0 radical (unpaired) electrons. The molecule has 0 fully saturated rings. The van der Waals surface area contributed by atoms with E-state index in [-0.39, 0.29) is 5.56 Å². The number of hydrogen-bond acceptors (Lipinski definition) is 3. The highest BCUT2D eigenvalue weighted by Crippen LogP contribution is 1.89. The normalized spacial score (nSPS) is 9.64. The molecule has 0 aliphatic heterocycles. The van der Waals surface area contributed by atoms with Gasteiger partial charge in [-0.1, -0.05) is 0 Å². The van der Waals surface area contributed by atoms with E-state index in [9.17, 15) is 4.79 Å². The molecular formula is C7H11N3O. The molecule has 1 heterocycles. The molecule has 0 aromatic carbocycles. The maximum atomic E-state index is 11.3. The van der Waals surface area contributed by atoms with Crippen LogP contribution in [0.1, 0.15) is 6.92 Å². The highest BCUT2D eigenvalue weighted by molar-refractivity contribution is 5.29. The van der Waals surface area contributed by atoms with Gasteiger partial charge in [-0.05, 0) is 6.92 Å². The molecule has 0 unspecified atom stereocenters. The van der Waals surface area contributed by atoms with E-state index in [2.05, 4.69) is 10.3 Å². The summed E-state index contributed by atoms with van der Waals surface area (Å²) < 4.78 is 1.60. The van der Waals surface area contributed by atoms with Crippen LogP contribution in [0.2, 0.25) is 0 Å². The quantitative estimate of drug-likeness (QED) is 0.665. The molecule has 1 aromatic heterocycles. The van der Waals surface area contributed by atoms with Crippen LogP contribution >= 0.6 is 0 Å². The number of rotatable bonds is 2. The fourth-order valence-electron chi connectivity index (χ4n) is 0.868. The summed E-state index contributed by atoms with van der Waals surface area (Å²) in [6.45, 7) is 2.59. The zero-order valence-corrected chi connectivity index (χ0v) is 6.66. The van der Waals surface area contributed by atoms with Crippen molar-refractivity contribution < 1.29 is 0 Å². The fraction of sp³-hybridized carbons (Fsp3) is 0.429. The highest BCUT2D eigenvalue weighted by Gasteiger charge is 1.98. The molecule has 0 bridgehead atoms. The van der Waals surface area contributed by atoms with E-state index in [1.165, 1.54) is 0 Å². The Morgan fingerprint density at radius 1 is 1.73 bits per heavy atom. The molecule has 60 valence electrons. The first-order valence-corrected chi connectivity index (χ1v) is 3.52. The van der Waals surface area contributed by atoms with Gasteiger partial charge in [0.2, 0.25) is 0 Å². The smallest absolute Gasteiger partial charge is 0.293 e. The van der Waals surface area contributed by atoms with E-state index in [0.717, 1.165) is 0 Å². The number of aromatic nitrogens is 2. The first-order valence-electron chi connectivity index (χ1n) is 3.52. The second-order valence-electron chi connectivity index (χ2n) is 2.12. The Kier molecular flexibility index (Phi) is 2.25. The van der Waals surface area contributed by atoms with Gasteiger partial charge in [-0.25, -0.2) is 4.98 Å². The predicted octanol–water partition coefficient (Wildman–Crippen LogP) is 0.305. The third kappa shape index (κ3) is 1.39. The maximum Gasteiger partial charge on any atom is 0.293 e. The minimum atomic E-state index is -0.0718. The summed E-state index contributed by atoms with van der Waals surface area (Å²) in [4.78, 5) is 15.1. The van der Waals surface area contributed by atoms with Crippen molar-refractivity contribution in [2.24, 2.45) is 0 Å². The molecule has 0 spiro atoms. The molecule has 1 aromatic rings. The average molecular weight is 153 g/mol. The van der Waals surface area contributed by atoms with E-state index in [0.29, 0.717) is 12.4 Å². The number of anilines is 1. The minimum Gasteiger partial charge on any atom is -0.369 e. The SMILES string of the molecule is CCn1ccnc(NC)c1=O. The summed E-state index contributed by atoms with van der Waals surface area (Å²) in [5.74, 6) is 0.398. The molecule has 4 heteroatoms. The van der Waals surface area contributed by atoms with Crippen molar-refractivity contribution in [3.63, 3.8) is 0 Å². The van der Waals surface area contributed by atoms with Gasteiger partial charge < -0.3 is 9.88 Å². The van der Waals surface area contributed by atoms with Crippen molar-refractivity contribution in [2.45, 2.75) is 13.5 Å². The van der Waals surface area contributed by atoms with Gasteiger partial charge in [0.05, 0.1) is 0 Å². The van der Waals surface area contributed by atoms with Gasteiger partial charge in [-0.3, -0.25) is 4.79 Å². The first-order chi connectivity index (χ1) is 5.29. The van der Waals surface area contributed by atoms with Crippen LogP contribution in [-0.2, 0) is 6.54 Å². The Morgan fingerprint density at radius 3 is 3.00 bits per heavy atom. The second kappa shape index (κ2) is 3.18. The van der Waals surface area contributed by atoms with Gasteiger partial charge >= 0.3 is 0 Å². The summed E-state index contributed by atoms with van der Waals surface area (Å²) in [5, 5.41) is 2.73. The van der Waals surface area contributed by atoms with E-state index in [1.54, 1.807) is 24.0 Å². The Labute approximate surface area is 64.9 Å². The van der Waals surface area contributed by atoms with Crippen molar-refractivity contribution in [1.82, 2.24) is 9.55 Å². The maximum absolute atomic E-state index is 11.3. The van der Waals surface area contributed by atoms with Crippen LogP contribution in [0.5, 0.6) is 0 Å². The summed E-state index contributed by atoms with van der Waals surface area (Å²) >= 11 is 0. The molecule has 0 saturated carbocycles. The Balaban J connectivity index is 3.21. The highest BCUT2D eigenvalue weighted by atomic mass is 16.1. The van der Waals surface area contributed by atoms with E-state index >= 15 is 0 Å². The van der Waals surface area contributed by atoms with E-state index in [1.807, 2.05) is 6.92 Å². The fourth-order valence-corrected chi connectivity index (χ4v) is 0.868. The Hall–Kier alpha value is -1.32. The third-order valence-electron chi connectivity index (χ3n) is 1.49. The Bertz CT molecular complexity index is 267. The lowest BCUT2D eigenvalue weighted by Gasteiger charge is -2.02. The van der Waals surface area contributed by atoms with Gasteiger partial charge in [0.1, 0.15) is 0 Å². The Morgan fingerprint density at radius 2 is 2.45 bits per heavy atom. The average Bonchev–Trinajstić information content (AvgIpc) is 2.05. The van der Waals surface area contributed by atoms with Crippen LogP contribution < -0.4 is 10.9 Å². The molecule has 0 atom stereocenters. The van der Waals surface area contributed by atoms with Crippen LogP contribution in [0.3, 0.4) is 0 Å². The minimum absolute atomic E-state index is 0.0718. The molecule has 4 nitrogen and oxygen atoms in total. The molecule has 11 heavy (non-hydrogen) atoms.